The number of fused-ring (bicyclic) bond motifs is 1. The van der Waals surface area contributed by atoms with Crippen LogP contribution in [0.4, 0.5) is 4.79 Å². The molecule has 0 bridgehead atoms. The van der Waals surface area contributed by atoms with Gasteiger partial charge in [0.2, 0.25) is 5.91 Å². The number of ether oxygens (including phenoxy) is 1. The molecule has 8 nitrogen and oxygen atoms in total. The predicted octanol–water partition coefficient (Wildman–Crippen LogP) is -0.729. The lowest BCUT2D eigenvalue weighted by Gasteiger charge is -2.47. The van der Waals surface area contributed by atoms with E-state index in [1.807, 2.05) is 0 Å². The van der Waals surface area contributed by atoms with Gasteiger partial charge in [0.05, 0.1) is 12.3 Å². The maximum Gasteiger partial charge on any atom is 0.411 e. The Hall–Kier alpha value is -1.74. The molecule has 9 heteroatoms. The Kier molecular flexibility index (Phi) is 3.67. The van der Waals surface area contributed by atoms with Crippen LogP contribution in [0, 0.1) is 0 Å². The number of β-lactam (4-membered cyclic amide) rings is 1. The van der Waals surface area contributed by atoms with Gasteiger partial charge < -0.3 is 15.6 Å². The molecule has 0 aliphatic carbocycles. The summed E-state index contributed by atoms with van der Waals surface area (Å²) in [7, 11) is 0. The molecule has 2 heterocycles. The number of hydrogen-bond acceptors (Lipinski definition) is 6. The highest BCUT2D eigenvalue weighted by molar-refractivity contribution is 8.00. The van der Waals surface area contributed by atoms with Crippen molar-refractivity contribution in [3.05, 3.63) is 11.4 Å². The summed E-state index contributed by atoms with van der Waals surface area (Å²) in [6.07, 6.45) is -0.743. The zero-order valence-corrected chi connectivity index (χ0v) is 10.9. The molecular weight excluding hydrogens is 274 g/mol. The van der Waals surface area contributed by atoms with Crippen molar-refractivity contribution in [3.8, 4) is 0 Å². The maximum atomic E-state index is 11.6. The third-order valence-corrected chi connectivity index (χ3v) is 4.04. The van der Waals surface area contributed by atoms with E-state index in [9.17, 15) is 19.5 Å². The zero-order chi connectivity index (χ0) is 14.2. The van der Waals surface area contributed by atoms with Crippen LogP contribution in [0.2, 0.25) is 0 Å². The number of nitrogens with one attached hydrogen (secondary N) is 1. The summed E-state index contributed by atoms with van der Waals surface area (Å²) in [5, 5.41) is 11.2. The lowest BCUT2D eigenvalue weighted by atomic mass is 10.1. The van der Waals surface area contributed by atoms with E-state index in [0.717, 1.165) is 4.90 Å². The molecule has 0 aromatic heterocycles. The number of nitrogens with zero attached hydrogens (tertiary/aromatic N) is 1. The van der Waals surface area contributed by atoms with Crippen molar-refractivity contribution >= 4 is 29.7 Å². The maximum absolute atomic E-state index is 11.6. The normalized spacial score (nSPS) is 25.6. The highest BCUT2D eigenvalue weighted by Gasteiger charge is 2.52. The molecule has 1 unspecified atom stereocenters. The molecule has 4 N–H and O–H groups in total. The van der Waals surface area contributed by atoms with Gasteiger partial charge in [0.1, 0.15) is 11.4 Å². The van der Waals surface area contributed by atoms with Gasteiger partial charge in [0, 0.05) is 5.75 Å². The number of amides is 2. The van der Waals surface area contributed by atoms with Gasteiger partial charge in [-0.25, -0.2) is 9.59 Å². The molecule has 1 saturated heterocycles. The highest BCUT2D eigenvalue weighted by atomic mass is 32.2. The average Bonchev–Trinajstić information content (AvgIpc) is 2.37. The minimum absolute atomic E-state index is 0.146. The van der Waals surface area contributed by atoms with Crippen LogP contribution in [0.15, 0.2) is 11.4 Å². The van der Waals surface area contributed by atoms with E-state index >= 15 is 0 Å². The topological polar surface area (TPSA) is 122 Å². The first-order valence-corrected chi connectivity index (χ1v) is 6.62. The van der Waals surface area contributed by atoms with Gasteiger partial charge in [0.15, 0.2) is 5.70 Å². The SMILES string of the molecule is CCOC(=O)NC1=C(C(=O)O)N2C(=O)C(N)[C@H]2SC1. The molecule has 104 valence electrons. The minimum Gasteiger partial charge on any atom is -0.477 e. The highest BCUT2D eigenvalue weighted by Crippen LogP contribution is 2.38. The van der Waals surface area contributed by atoms with Crippen LogP contribution in [-0.2, 0) is 14.3 Å². The van der Waals surface area contributed by atoms with Crippen molar-refractivity contribution in [2.24, 2.45) is 5.73 Å². The Morgan fingerprint density at radius 3 is 2.89 bits per heavy atom. The van der Waals surface area contributed by atoms with Gasteiger partial charge in [-0.3, -0.25) is 15.0 Å². The third kappa shape index (κ3) is 2.26. The van der Waals surface area contributed by atoms with E-state index in [2.05, 4.69) is 10.1 Å². The molecule has 2 amide bonds. The zero-order valence-electron chi connectivity index (χ0n) is 10.1. The summed E-state index contributed by atoms with van der Waals surface area (Å²) in [4.78, 5) is 35.3. The summed E-state index contributed by atoms with van der Waals surface area (Å²) < 4.78 is 4.69. The molecule has 0 saturated carbocycles. The molecule has 0 radical (unpaired) electrons. The lowest BCUT2D eigenvalue weighted by molar-refractivity contribution is -0.148. The first kappa shape index (κ1) is 13.7. The molecule has 2 rings (SSSR count). The van der Waals surface area contributed by atoms with Gasteiger partial charge in [-0.05, 0) is 6.92 Å². The largest absolute Gasteiger partial charge is 0.477 e. The number of aliphatic carboxylic acids is 1. The second-order valence-corrected chi connectivity index (χ2v) is 5.02. The van der Waals surface area contributed by atoms with E-state index in [0.29, 0.717) is 0 Å². The van der Waals surface area contributed by atoms with E-state index in [4.69, 9.17) is 5.73 Å². The number of nitrogens with two attached hydrogens (primary N) is 1. The van der Waals surface area contributed by atoms with Crippen molar-refractivity contribution in [3.63, 3.8) is 0 Å². The van der Waals surface area contributed by atoms with E-state index in [1.165, 1.54) is 11.8 Å². The number of thioether (sulfide) groups is 1. The molecule has 1 fully saturated rings. The molecular formula is C10H13N3O5S. The number of alkyl carbamates (subject to hydrolysis) is 1. The van der Waals surface area contributed by atoms with Crippen molar-refractivity contribution in [1.29, 1.82) is 0 Å². The van der Waals surface area contributed by atoms with E-state index in [1.54, 1.807) is 6.92 Å². The van der Waals surface area contributed by atoms with Gasteiger partial charge in [-0.15, -0.1) is 11.8 Å². The third-order valence-electron chi connectivity index (χ3n) is 2.74. The Labute approximate surface area is 112 Å². The molecule has 2 aliphatic rings. The van der Waals surface area contributed by atoms with Crippen LogP contribution in [0.1, 0.15) is 6.92 Å². The van der Waals surface area contributed by atoms with Crippen LogP contribution < -0.4 is 11.1 Å². The number of carbonyl (C=O) groups excluding carboxylic acids is 2. The second-order valence-electron chi connectivity index (χ2n) is 3.91. The molecule has 0 aromatic rings. The summed E-state index contributed by atoms with van der Waals surface area (Å²) in [6, 6.07) is -0.691. The average molecular weight is 287 g/mol. The predicted molar refractivity (Wildman–Crippen MR) is 65.9 cm³/mol. The monoisotopic (exact) mass is 287 g/mol. The standard InChI is InChI=1S/C10H13N3O5S/c1-2-18-10(17)12-4-3-19-8-5(11)7(14)13(8)6(4)9(15)16/h5,8H,2-3,11H2,1H3,(H,12,17)(H,15,16)/t5?,8-/m1/s1. The van der Waals surface area contributed by atoms with E-state index < -0.39 is 24.0 Å². The second kappa shape index (κ2) is 5.10. The molecule has 19 heavy (non-hydrogen) atoms. The first-order chi connectivity index (χ1) is 8.97. The molecule has 0 aromatic carbocycles. The summed E-state index contributed by atoms with van der Waals surface area (Å²) in [6.45, 7) is 1.81. The van der Waals surface area contributed by atoms with E-state index in [-0.39, 0.29) is 29.1 Å². The van der Waals surface area contributed by atoms with Gasteiger partial charge in [-0.2, -0.15) is 0 Å². The molecule has 2 aliphatic heterocycles. The number of rotatable bonds is 3. The number of carboxylic acid groups (broad SMARTS) is 1. The number of carboxylic acids is 1. The van der Waals surface area contributed by atoms with Gasteiger partial charge in [-0.1, -0.05) is 0 Å². The fourth-order valence-electron chi connectivity index (χ4n) is 1.90. The van der Waals surface area contributed by atoms with Crippen molar-refractivity contribution in [2.45, 2.75) is 18.3 Å². The lowest BCUT2D eigenvalue weighted by Crippen LogP contribution is -2.68. The molecule has 0 spiro atoms. The summed E-state index contributed by atoms with van der Waals surface area (Å²) >= 11 is 1.30. The van der Waals surface area contributed by atoms with Gasteiger partial charge >= 0.3 is 12.1 Å². The fraction of sp³-hybridized carbons (Fsp3) is 0.500. The fourth-order valence-corrected chi connectivity index (χ4v) is 3.13. The van der Waals surface area contributed by atoms with Crippen molar-refractivity contribution in [2.75, 3.05) is 12.4 Å². The van der Waals surface area contributed by atoms with Gasteiger partial charge in [0.25, 0.3) is 0 Å². The minimum atomic E-state index is -1.28. The number of carbonyl (C=O) groups is 3. The van der Waals surface area contributed by atoms with Crippen molar-refractivity contribution < 1.29 is 24.2 Å². The van der Waals surface area contributed by atoms with Crippen molar-refractivity contribution in [1.82, 2.24) is 10.2 Å². The molecule has 2 atom stereocenters. The Morgan fingerprint density at radius 1 is 1.63 bits per heavy atom. The number of hydrogen-bond donors (Lipinski definition) is 3. The quantitative estimate of drug-likeness (QED) is 0.585. The Morgan fingerprint density at radius 2 is 2.32 bits per heavy atom. The van der Waals surface area contributed by atoms with Crippen LogP contribution in [0.5, 0.6) is 0 Å². The first-order valence-electron chi connectivity index (χ1n) is 5.57. The summed E-state index contributed by atoms with van der Waals surface area (Å²) in [5.41, 5.74) is 5.51. The Bertz CT molecular complexity index is 478. The van der Waals surface area contributed by atoms with Crippen LogP contribution >= 0.6 is 11.8 Å². The van der Waals surface area contributed by atoms with Crippen LogP contribution in [-0.4, -0.2) is 51.8 Å². The summed E-state index contributed by atoms with van der Waals surface area (Å²) in [5.74, 6) is -1.49. The van der Waals surface area contributed by atoms with Crippen LogP contribution in [0.3, 0.4) is 0 Å². The Balaban J connectivity index is 2.25. The smallest absolute Gasteiger partial charge is 0.411 e. The van der Waals surface area contributed by atoms with Crippen LogP contribution in [0.25, 0.3) is 0 Å².